The lowest BCUT2D eigenvalue weighted by atomic mass is 10.1. The number of rotatable bonds is 5. The summed E-state index contributed by atoms with van der Waals surface area (Å²) in [4.78, 5) is 12.3. The standard InChI is InChI=1S/C13H15N3OS/c14-11-8-9(13(15)17)3-4-12(11)16-6-5-10-2-1-7-18-10/h1-4,7-8,16H,5-6,14H2,(H2,15,17). The summed E-state index contributed by atoms with van der Waals surface area (Å²) in [6.45, 7) is 0.806. The zero-order chi connectivity index (χ0) is 13.0. The average Bonchev–Trinajstić information content (AvgIpc) is 2.84. The van der Waals surface area contributed by atoms with E-state index < -0.39 is 5.91 Å². The normalized spacial score (nSPS) is 10.2. The number of primary amides is 1. The molecule has 94 valence electrons. The van der Waals surface area contributed by atoms with Gasteiger partial charge < -0.3 is 16.8 Å². The smallest absolute Gasteiger partial charge is 0.248 e. The second-order valence-electron chi connectivity index (χ2n) is 3.92. The molecular formula is C13H15N3OS. The van der Waals surface area contributed by atoms with Crippen LogP contribution in [0.5, 0.6) is 0 Å². The van der Waals surface area contributed by atoms with Crippen molar-refractivity contribution in [1.82, 2.24) is 0 Å². The first-order valence-electron chi connectivity index (χ1n) is 5.62. The highest BCUT2D eigenvalue weighted by molar-refractivity contribution is 7.09. The molecule has 0 aliphatic heterocycles. The molecule has 4 nitrogen and oxygen atoms in total. The minimum Gasteiger partial charge on any atom is -0.397 e. The molecular weight excluding hydrogens is 246 g/mol. The van der Waals surface area contributed by atoms with Crippen molar-refractivity contribution in [2.24, 2.45) is 5.73 Å². The van der Waals surface area contributed by atoms with Gasteiger partial charge in [0.1, 0.15) is 0 Å². The van der Waals surface area contributed by atoms with Crippen molar-refractivity contribution in [2.45, 2.75) is 6.42 Å². The van der Waals surface area contributed by atoms with Crippen LogP contribution in [-0.4, -0.2) is 12.5 Å². The monoisotopic (exact) mass is 261 g/mol. The lowest BCUT2D eigenvalue weighted by Gasteiger charge is -2.09. The molecule has 0 spiro atoms. The van der Waals surface area contributed by atoms with Crippen molar-refractivity contribution in [3.8, 4) is 0 Å². The van der Waals surface area contributed by atoms with Gasteiger partial charge in [-0.1, -0.05) is 6.07 Å². The lowest BCUT2D eigenvalue weighted by molar-refractivity contribution is 0.100. The minimum absolute atomic E-state index is 0.427. The Morgan fingerprint density at radius 2 is 2.17 bits per heavy atom. The lowest BCUT2D eigenvalue weighted by Crippen LogP contribution is -2.12. The summed E-state index contributed by atoms with van der Waals surface area (Å²) in [5, 5.41) is 5.31. The Hall–Kier alpha value is -2.01. The van der Waals surface area contributed by atoms with Crippen molar-refractivity contribution >= 4 is 28.6 Å². The first kappa shape index (κ1) is 12.4. The van der Waals surface area contributed by atoms with Crippen molar-refractivity contribution in [1.29, 1.82) is 0 Å². The van der Waals surface area contributed by atoms with E-state index in [1.165, 1.54) is 4.88 Å². The third-order valence-electron chi connectivity index (χ3n) is 2.60. The summed E-state index contributed by atoms with van der Waals surface area (Å²) in [6, 6.07) is 9.19. The van der Waals surface area contributed by atoms with E-state index in [4.69, 9.17) is 11.5 Å². The van der Waals surface area contributed by atoms with Crippen molar-refractivity contribution in [2.75, 3.05) is 17.6 Å². The van der Waals surface area contributed by atoms with Crippen LogP contribution in [0.3, 0.4) is 0 Å². The third kappa shape index (κ3) is 3.01. The van der Waals surface area contributed by atoms with Gasteiger partial charge in [-0.2, -0.15) is 0 Å². The van der Waals surface area contributed by atoms with Crippen molar-refractivity contribution < 1.29 is 4.79 Å². The van der Waals surface area contributed by atoms with E-state index in [2.05, 4.69) is 16.8 Å². The van der Waals surface area contributed by atoms with Crippen LogP contribution in [0.25, 0.3) is 0 Å². The maximum absolute atomic E-state index is 11.0. The molecule has 0 aliphatic rings. The van der Waals surface area contributed by atoms with Crippen LogP contribution in [0.15, 0.2) is 35.7 Å². The van der Waals surface area contributed by atoms with Gasteiger partial charge in [0.15, 0.2) is 0 Å². The molecule has 0 bridgehead atoms. The Morgan fingerprint density at radius 1 is 1.33 bits per heavy atom. The number of nitrogens with one attached hydrogen (secondary N) is 1. The second-order valence-corrected chi connectivity index (χ2v) is 4.95. The summed E-state index contributed by atoms with van der Waals surface area (Å²) in [7, 11) is 0. The summed E-state index contributed by atoms with van der Waals surface area (Å²) < 4.78 is 0. The van der Waals surface area contributed by atoms with E-state index in [-0.39, 0.29) is 0 Å². The van der Waals surface area contributed by atoms with Gasteiger partial charge >= 0.3 is 0 Å². The first-order valence-corrected chi connectivity index (χ1v) is 6.50. The van der Waals surface area contributed by atoms with Crippen LogP contribution in [0, 0.1) is 0 Å². The van der Waals surface area contributed by atoms with E-state index in [9.17, 15) is 4.79 Å². The molecule has 1 amide bonds. The number of nitrogen functional groups attached to an aromatic ring is 1. The largest absolute Gasteiger partial charge is 0.397 e. The van der Waals surface area contributed by atoms with Gasteiger partial charge in [-0.15, -0.1) is 11.3 Å². The van der Waals surface area contributed by atoms with E-state index in [0.717, 1.165) is 18.7 Å². The van der Waals surface area contributed by atoms with Gasteiger partial charge in [0.2, 0.25) is 5.91 Å². The summed E-state index contributed by atoms with van der Waals surface area (Å²) in [5.41, 5.74) is 12.8. The molecule has 2 rings (SSSR count). The Labute approximate surface area is 110 Å². The van der Waals surface area contributed by atoms with E-state index in [1.807, 2.05) is 6.07 Å². The topological polar surface area (TPSA) is 81.1 Å². The molecule has 2 aromatic rings. The number of anilines is 2. The maximum Gasteiger partial charge on any atom is 0.248 e. The number of carbonyl (C=O) groups excluding carboxylic acids is 1. The Kier molecular flexibility index (Phi) is 3.84. The van der Waals surface area contributed by atoms with Gasteiger partial charge in [-0.25, -0.2) is 0 Å². The molecule has 0 unspecified atom stereocenters. The van der Waals surface area contributed by atoms with Crippen LogP contribution < -0.4 is 16.8 Å². The summed E-state index contributed by atoms with van der Waals surface area (Å²) in [6.07, 6.45) is 0.953. The summed E-state index contributed by atoms with van der Waals surface area (Å²) in [5.74, 6) is -0.466. The molecule has 0 aliphatic carbocycles. The highest BCUT2D eigenvalue weighted by Crippen LogP contribution is 2.20. The Bertz CT molecular complexity index is 537. The molecule has 1 heterocycles. The predicted molar refractivity (Wildman–Crippen MR) is 75.9 cm³/mol. The van der Waals surface area contributed by atoms with Gasteiger partial charge in [0.05, 0.1) is 11.4 Å². The fourth-order valence-electron chi connectivity index (χ4n) is 1.65. The second kappa shape index (κ2) is 5.55. The molecule has 5 heteroatoms. The summed E-state index contributed by atoms with van der Waals surface area (Å²) >= 11 is 1.74. The molecule has 1 aromatic carbocycles. The van der Waals surface area contributed by atoms with Crippen molar-refractivity contribution in [3.05, 3.63) is 46.2 Å². The molecule has 0 saturated carbocycles. The highest BCUT2D eigenvalue weighted by atomic mass is 32.1. The predicted octanol–water partition coefficient (Wildman–Crippen LogP) is 2.08. The number of amides is 1. The molecule has 0 atom stereocenters. The third-order valence-corrected chi connectivity index (χ3v) is 3.54. The van der Waals surface area contributed by atoms with Crippen LogP contribution in [0.4, 0.5) is 11.4 Å². The molecule has 5 N–H and O–H groups in total. The van der Waals surface area contributed by atoms with E-state index in [1.54, 1.807) is 29.5 Å². The van der Waals surface area contributed by atoms with Crippen LogP contribution >= 0.6 is 11.3 Å². The fraction of sp³-hybridized carbons (Fsp3) is 0.154. The van der Waals surface area contributed by atoms with Crippen LogP contribution in [0.2, 0.25) is 0 Å². The maximum atomic E-state index is 11.0. The number of thiophene rings is 1. The molecule has 18 heavy (non-hydrogen) atoms. The quantitative estimate of drug-likeness (QED) is 0.721. The SMILES string of the molecule is NC(=O)c1ccc(NCCc2cccs2)c(N)c1. The molecule has 0 fully saturated rings. The molecule has 0 radical (unpaired) electrons. The molecule has 0 saturated heterocycles. The zero-order valence-electron chi connectivity index (χ0n) is 9.85. The number of benzene rings is 1. The average molecular weight is 261 g/mol. The van der Waals surface area contributed by atoms with Gasteiger partial charge in [0.25, 0.3) is 0 Å². The number of hydrogen-bond donors (Lipinski definition) is 3. The zero-order valence-corrected chi connectivity index (χ0v) is 10.7. The fourth-order valence-corrected chi connectivity index (χ4v) is 2.36. The van der Waals surface area contributed by atoms with Crippen LogP contribution in [-0.2, 0) is 6.42 Å². The highest BCUT2D eigenvalue weighted by Gasteiger charge is 2.04. The number of nitrogens with two attached hydrogens (primary N) is 2. The van der Waals surface area contributed by atoms with Crippen LogP contribution in [0.1, 0.15) is 15.2 Å². The van der Waals surface area contributed by atoms with Gasteiger partial charge in [-0.3, -0.25) is 4.79 Å². The van der Waals surface area contributed by atoms with Gasteiger partial charge in [0, 0.05) is 17.0 Å². The van der Waals surface area contributed by atoms with Crippen molar-refractivity contribution in [3.63, 3.8) is 0 Å². The first-order chi connectivity index (χ1) is 8.66. The number of hydrogen-bond acceptors (Lipinski definition) is 4. The van der Waals surface area contributed by atoms with E-state index in [0.29, 0.717) is 11.3 Å². The van der Waals surface area contributed by atoms with E-state index >= 15 is 0 Å². The molecule has 1 aromatic heterocycles. The Balaban J connectivity index is 1.95. The number of carbonyl (C=O) groups is 1. The Morgan fingerprint density at radius 3 is 2.78 bits per heavy atom. The minimum atomic E-state index is -0.466. The van der Waals surface area contributed by atoms with Gasteiger partial charge in [-0.05, 0) is 36.1 Å².